The zero-order chi connectivity index (χ0) is 9.42. The third-order valence-electron chi connectivity index (χ3n) is 1.83. The average molecular weight is 275 g/mol. The number of halogens is 1. The van der Waals surface area contributed by atoms with Crippen molar-refractivity contribution in [1.82, 2.24) is 0 Å². The van der Waals surface area contributed by atoms with Crippen molar-refractivity contribution in [2.45, 2.75) is 4.90 Å². The number of hydrogen-bond donors (Lipinski definition) is 1. The van der Waals surface area contributed by atoms with Crippen molar-refractivity contribution in [1.29, 1.82) is 0 Å². The van der Waals surface area contributed by atoms with E-state index in [1.54, 1.807) is 18.4 Å². The SMILES string of the molecule is COc1cccc2c(S)c(Br)sc12. The highest BCUT2D eigenvalue weighted by molar-refractivity contribution is 9.11. The number of ether oxygens (including phenoxy) is 1. The maximum absolute atomic E-state index is 5.25. The molecule has 0 fully saturated rings. The van der Waals surface area contributed by atoms with Gasteiger partial charge in [-0.15, -0.1) is 24.0 Å². The topological polar surface area (TPSA) is 9.23 Å². The number of thiol groups is 1. The molecule has 1 heterocycles. The molecule has 0 saturated heterocycles. The predicted molar refractivity (Wildman–Crippen MR) is 63.3 cm³/mol. The summed E-state index contributed by atoms with van der Waals surface area (Å²) in [5.74, 6) is 0.906. The molecule has 0 spiro atoms. The fraction of sp³-hybridized carbons (Fsp3) is 0.111. The van der Waals surface area contributed by atoms with Gasteiger partial charge in [0.05, 0.1) is 15.6 Å². The Balaban J connectivity index is 2.84. The molecule has 0 atom stereocenters. The minimum Gasteiger partial charge on any atom is -0.495 e. The van der Waals surface area contributed by atoms with Crippen LogP contribution in [0.25, 0.3) is 10.1 Å². The molecule has 0 unspecified atom stereocenters. The molecule has 4 heteroatoms. The molecule has 0 amide bonds. The lowest BCUT2D eigenvalue weighted by Gasteiger charge is -1.99. The smallest absolute Gasteiger partial charge is 0.136 e. The maximum atomic E-state index is 5.25. The summed E-state index contributed by atoms with van der Waals surface area (Å²) >= 11 is 9.51. The highest BCUT2D eigenvalue weighted by Crippen LogP contribution is 2.41. The molecule has 0 aliphatic rings. The van der Waals surface area contributed by atoms with Gasteiger partial charge in [0.25, 0.3) is 0 Å². The summed E-state index contributed by atoms with van der Waals surface area (Å²) in [4.78, 5) is 0.985. The molecule has 0 N–H and O–H groups in total. The van der Waals surface area contributed by atoms with Crippen LogP contribution in [0.2, 0.25) is 0 Å². The second kappa shape index (κ2) is 3.52. The summed E-state index contributed by atoms with van der Waals surface area (Å²) in [5, 5.41) is 1.14. The van der Waals surface area contributed by atoms with Gasteiger partial charge in [0.1, 0.15) is 5.75 Å². The molecule has 0 aliphatic heterocycles. The molecule has 0 radical (unpaired) electrons. The van der Waals surface area contributed by atoms with Gasteiger partial charge in [-0.05, 0) is 22.0 Å². The summed E-state index contributed by atoms with van der Waals surface area (Å²) < 4.78 is 7.44. The Morgan fingerprint density at radius 1 is 1.46 bits per heavy atom. The second-order valence-corrected chi connectivity index (χ2v) is 5.35. The fourth-order valence-electron chi connectivity index (χ4n) is 1.21. The van der Waals surface area contributed by atoms with E-state index in [1.165, 1.54) is 0 Å². The molecule has 0 aliphatic carbocycles. The highest BCUT2D eigenvalue weighted by atomic mass is 79.9. The van der Waals surface area contributed by atoms with E-state index in [9.17, 15) is 0 Å². The first kappa shape index (κ1) is 9.37. The average Bonchev–Trinajstić information content (AvgIpc) is 2.43. The van der Waals surface area contributed by atoms with Crippen LogP contribution < -0.4 is 4.74 Å². The van der Waals surface area contributed by atoms with Gasteiger partial charge in [0.2, 0.25) is 0 Å². The van der Waals surface area contributed by atoms with E-state index in [0.717, 1.165) is 24.5 Å². The van der Waals surface area contributed by atoms with E-state index >= 15 is 0 Å². The van der Waals surface area contributed by atoms with E-state index in [4.69, 9.17) is 4.74 Å². The lowest BCUT2D eigenvalue weighted by molar-refractivity contribution is 0.420. The van der Waals surface area contributed by atoms with Crippen LogP contribution in [0.3, 0.4) is 0 Å². The van der Waals surface area contributed by atoms with Gasteiger partial charge in [0, 0.05) is 10.3 Å². The van der Waals surface area contributed by atoms with Gasteiger partial charge >= 0.3 is 0 Å². The van der Waals surface area contributed by atoms with Gasteiger partial charge in [-0.1, -0.05) is 12.1 Å². The lowest BCUT2D eigenvalue weighted by Crippen LogP contribution is -1.80. The number of thiophene rings is 1. The van der Waals surface area contributed by atoms with Gasteiger partial charge < -0.3 is 4.74 Å². The summed E-state index contributed by atoms with van der Waals surface area (Å²) in [6, 6.07) is 5.97. The molecule has 1 nitrogen and oxygen atoms in total. The number of benzene rings is 1. The molecule has 13 heavy (non-hydrogen) atoms. The Hall–Kier alpha value is -0.190. The van der Waals surface area contributed by atoms with Gasteiger partial charge in [-0.2, -0.15) is 0 Å². The zero-order valence-corrected chi connectivity index (χ0v) is 10.2. The fourth-order valence-corrected chi connectivity index (χ4v) is 3.23. The van der Waals surface area contributed by atoms with Gasteiger partial charge in [-0.3, -0.25) is 0 Å². The van der Waals surface area contributed by atoms with Gasteiger partial charge in [-0.25, -0.2) is 0 Å². The van der Waals surface area contributed by atoms with Crippen LogP contribution in [-0.4, -0.2) is 7.11 Å². The molecule has 2 rings (SSSR count). The molecule has 1 aromatic heterocycles. The van der Waals surface area contributed by atoms with Crippen LogP contribution in [0.1, 0.15) is 0 Å². The number of hydrogen-bond acceptors (Lipinski definition) is 3. The Labute approximate surface area is 94.3 Å². The third kappa shape index (κ3) is 1.47. The second-order valence-electron chi connectivity index (χ2n) is 2.56. The van der Waals surface area contributed by atoms with Crippen molar-refractivity contribution in [3.63, 3.8) is 0 Å². The van der Waals surface area contributed by atoms with Crippen LogP contribution in [0, 0.1) is 0 Å². The Morgan fingerprint density at radius 3 is 2.92 bits per heavy atom. The van der Waals surface area contributed by atoms with E-state index in [1.807, 2.05) is 18.2 Å². The minimum absolute atomic E-state index is 0.906. The van der Waals surface area contributed by atoms with Crippen LogP contribution in [-0.2, 0) is 0 Å². The van der Waals surface area contributed by atoms with Crippen LogP contribution in [0.5, 0.6) is 5.75 Å². The number of fused-ring (bicyclic) bond motifs is 1. The zero-order valence-electron chi connectivity index (χ0n) is 6.87. The first-order valence-electron chi connectivity index (χ1n) is 3.68. The van der Waals surface area contributed by atoms with Gasteiger partial charge in [0.15, 0.2) is 0 Å². The molecular formula is C9H7BrOS2. The van der Waals surface area contributed by atoms with E-state index in [-0.39, 0.29) is 0 Å². The third-order valence-corrected chi connectivity index (χ3v) is 4.64. The Kier molecular flexibility index (Phi) is 2.53. The predicted octanol–water partition coefficient (Wildman–Crippen LogP) is 3.96. The Morgan fingerprint density at radius 2 is 2.23 bits per heavy atom. The van der Waals surface area contributed by atoms with Crippen molar-refractivity contribution < 1.29 is 4.74 Å². The normalized spacial score (nSPS) is 10.7. The van der Waals surface area contributed by atoms with E-state index < -0.39 is 0 Å². The molecular weight excluding hydrogens is 268 g/mol. The van der Waals surface area contributed by atoms with Crippen molar-refractivity contribution in [3.8, 4) is 5.75 Å². The first-order chi connectivity index (χ1) is 6.24. The van der Waals surface area contributed by atoms with E-state index in [2.05, 4.69) is 28.6 Å². The highest BCUT2D eigenvalue weighted by Gasteiger charge is 2.09. The summed E-state index contributed by atoms with van der Waals surface area (Å²) in [6.07, 6.45) is 0. The maximum Gasteiger partial charge on any atom is 0.136 e. The molecule has 1 aromatic carbocycles. The molecule has 68 valence electrons. The van der Waals surface area contributed by atoms with Crippen molar-refractivity contribution >= 4 is 50.0 Å². The number of methoxy groups -OCH3 is 1. The first-order valence-corrected chi connectivity index (χ1v) is 5.73. The van der Waals surface area contributed by atoms with Crippen molar-refractivity contribution in [3.05, 3.63) is 22.0 Å². The molecule has 0 saturated carbocycles. The Bertz CT molecular complexity index is 450. The standard InChI is InChI=1S/C9H7BrOS2/c1-11-6-4-2-3-5-7(12)9(10)13-8(5)6/h2-4,12H,1H3. The van der Waals surface area contributed by atoms with Crippen molar-refractivity contribution in [2.24, 2.45) is 0 Å². The summed E-state index contributed by atoms with van der Waals surface area (Å²) in [6.45, 7) is 0. The monoisotopic (exact) mass is 274 g/mol. The lowest BCUT2D eigenvalue weighted by atomic mass is 10.2. The largest absolute Gasteiger partial charge is 0.495 e. The van der Waals surface area contributed by atoms with Crippen LogP contribution in [0.15, 0.2) is 26.9 Å². The van der Waals surface area contributed by atoms with Crippen molar-refractivity contribution in [2.75, 3.05) is 7.11 Å². The summed E-state index contributed by atoms with van der Waals surface area (Å²) in [7, 11) is 1.68. The van der Waals surface area contributed by atoms with E-state index in [0.29, 0.717) is 0 Å². The molecule has 0 bridgehead atoms. The summed E-state index contributed by atoms with van der Waals surface area (Å²) in [5.41, 5.74) is 0. The number of rotatable bonds is 1. The van der Waals surface area contributed by atoms with Crippen LogP contribution in [0.4, 0.5) is 0 Å². The molecule has 2 aromatic rings. The quantitative estimate of drug-likeness (QED) is 0.775. The minimum atomic E-state index is 0.906. The van der Waals surface area contributed by atoms with Crippen LogP contribution >= 0.6 is 39.9 Å².